The zero-order valence-corrected chi connectivity index (χ0v) is 10.9. The van der Waals surface area contributed by atoms with Crippen LogP contribution in [0.15, 0.2) is 30.9 Å². The van der Waals surface area contributed by atoms with Gasteiger partial charge in [0.05, 0.1) is 13.7 Å². The third-order valence-electron chi connectivity index (χ3n) is 3.68. The molecule has 0 aromatic heterocycles. The summed E-state index contributed by atoms with van der Waals surface area (Å²) in [7, 11) is 1.69. The van der Waals surface area contributed by atoms with Crippen molar-refractivity contribution in [3.63, 3.8) is 0 Å². The van der Waals surface area contributed by atoms with E-state index in [9.17, 15) is 5.11 Å². The van der Waals surface area contributed by atoms with Gasteiger partial charge >= 0.3 is 0 Å². The van der Waals surface area contributed by atoms with Gasteiger partial charge < -0.3 is 15.2 Å². The van der Waals surface area contributed by atoms with Gasteiger partial charge in [-0.1, -0.05) is 18.2 Å². The van der Waals surface area contributed by atoms with Crippen LogP contribution >= 0.6 is 0 Å². The summed E-state index contributed by atoms with van der Waals surface area (Å²) in [6.45, 7) is 4.63. The van der Waals surface area contributed by atoms with Crippen LogP contribution in [-0.2, 0) is 6.42 Å². The van der Waals surface area contributed by atoms with Gasteiger partial charge in [0.2, 0.25) is 0 Å². The van der Waals surface area contributed by atoms with Crippen molar-refractivity contribution in [1.82, 2.24) is 5.32 Å². The number of methoxy groups -OCH3 is 1. The predicted octanol–water partition coefficient (Wildman–Crippen LogP) is 1.86. The van der Waals surface area contributed by atoms with Crippen molar-refractivity contribution in [2.75, 3.05) is 20.3 Å². The van der Waals surface area contributed by atoms with E-state index in [-0.39, 0.29) is 18.6 Å². The number of rotatable bonds is 5. The van der Waals surface area contributed by atoms with Crippen molar-refractivity contribution in [3.05, 3.63) is 42.0 Å². The van der Waals surface area contributed by atoms with Crippen LogP contribution < -0.4 is 10.1 Å². The fourth-order valence-corrected chi connectivity index (χ4v) is 2.82. The van der Waals surface area contributed by atoms with Crippen molar-refractivity contribution in [2.24, 2.45) is 0 Å². The normalized spacial score (nSPS) is 22.3. The van der Waals surface area contributed by atoms with Crippen LogP contribution in [-0.4, -0.2) is 31.4 Å². The molecule has 1 aromatic rings. The number of nitrogens with one attached hydrogen (secondary N) is 1. The smallest absolute Gasteiger partial charge is 0.122 e. The fraction of sp³-hybridized carbons (Fsp3) is 0.467. The molecule has 98 valence electrons. The summed E-state index contributed by atoms with van der Waals surface area (Å²) in [6, 6.07) is 6.40. The van der Waals surface area contributed by atoms with Crippen molar-refractivity contribution in [2.45, 2.75) is 24.8 Å². The number of aliphatic hydroxyl groups is 1. The van der Waals surface area contributed by atoms with E-state index in [1.165, 1.54) is 5.56 Å². The maximum absolute atomic E-state index is 9.71. The van der Waals surface area contributed by atoms with E-state index in [4.69, 9.17) is 4.74 Å². The molecule has 1 aromatic carbocycles. The molecule has 3 nitrogen and oxygen atoms in total. The molecule has 0 heterocycles. The number of fused-ring (bicyclic) bond motifs is 1. The van der Waals surface area contributed by atoms with Crippen LogP contribution in [0.3, 0.4) is 0 Å². The zero-order valence-electron chi connectivity index (χ0n) is 10.9. The largest absolute Gasteiger partial charge is 0.496 e. The van der Waals surface area contributed by atoms with Crippen molar-refractivity contribution in [3.8, 4) is 5.75 Å². The molecule has 0 saturated carbocycles. The minimum Gasteiger partial charge on any atom is -0.496 e. The van der Waals surface area contributed by atoms with Crippen LogP contribution in [0.2, 0.25) is 0 Å². The third-order valence-corrected chi connectivity index (χ3v) is 3.68. The Labute approximate surface area is 108 Å². The Morgan fingerprint density at radius 1 is 1.56 bits per heavy atom. The maximum atomic E-state index is 9.71. The highest BCUT2D eigenvalue weighted by Crippen LogP contribution is 2.37. The van der Waals surface area contributed by atoms with E-state index in [1.54, 1.807) is 7.11 Å². The molecule has 0 fully saturated rings. The lowest BCUT2D eigenvalue weighted by molar-refractivity contribution is 0.222. The van der Waals surface area contributed by atoms with Gasteiger partial charge in [-0.15, -0.1) is 6.58 Å². The monoisotopic (exact) mass is 247 g/mol. The summed E-state index contributed by atoms with van der Waals surface area (Å²) < 4.78 is 5.44. The van der Waals surface area contributed by atoms with E-state index in [1.807, 2.05) is 18.2 Å². The summed E-state index contributed by atoms with van der Waals surface area (Å²) >= 11 is 0. The van der Waals surface area contributed by atoms with Crippen molar-refractivity contribution < 1.29 is 9.84 Å². The molecule has 0 spiro atoms. The lowest BCUT2D eigenvalue weighted by atomic mass is 9.79. The number of aliphatic hydroxyl groups excluding tert-OH is 1. The summed E-state index contributed by atoms with van der Waals surface area (Å²) in [5.41, 5.74) is 2.46. The highest BCUT2D eigenvalue weighted by Gasteiger charge is 2.30. The molecule has 1 aliphatic rings. The quantitative estimate of drug-likeness (QED) is 0.780. The van der Waals surface area contributed by atoms with Gasteiger partial charge in [0, 0.05) is 24.1 Å². The van der Waals surface area contributed by atoms with Gasteiger partial charge in [-0.3, -0.25) is 0 Å². The highest BCUT2D eigenvalue weighted by atomic mass is 16.5. The Morgan fingerprint density at radius 3 is 3.06 bits per heavy atom. The van der Waals surface area contributed by atoms with Gasteiger partial charge in [-0.05, 0) is 24.5 Å². The molecule has 0 radical (unpaired) electrons. The summed E-state index contributed by atoms with van der Waals surface area (Å²) in [5.74, 6) is 0.988. The van der Waals surface area contributed by atoms with Crippen LogP contribution in [0, 0.1) is 0 Å². The lowest BCUT2D eigenvalue weighted by Crippen LogP contribution is -2.40. The van der Waals surface area contributed by atoms with Gasteiger partial charge in [0.15, 0.2) is 0 Å². The molecule has 0 amide bonds. The Balaban J connectivity index is 2.32. The molecule has 3 heteroatoms. The SMILES string of the molecule is C=CCN[C@H]1CCc2cccc(OC)c2[C@H]1CO. The lowest BCUT2D eigenvalue weighted by Gasteiger charge is -2.34. The van der Waals surface area contributed by atoms with Crippen LogP contribution in [0.4, 0.5) is 0 Å². The van der Waals surface area contributed by atoms with Gasteiger partial charge in [-0.2, -0.15) is 0 Å². The third kappa shape index (κ3) is 2.42. The summed E-state index contributed by atoms with van der Waals surface area (Å²) in [4.78, 5) is 0. The molecule has 18 heavy (non-hydrogen) atoms. The average Bonchev–Trinajstić information content (AvgIpc) is 2.43. The molecule has 2 rings (SSSR count). The standard InChI is InChI=1S/C15H21NO2/c1-3-9-16-13-8-7-11-5-4-6-14(18-2)15(11)12(13)10-17/h3-6,12-13,16-17H,1,7-10H2,2H3/t12-,13-/m0/s1. The Kier molecular flexibility index (Phi) is 4.39. The minimum absolute atomic E-state index is 0.102. The predicted molar refractivity (Wildman–Crippen MR) is 73.1 cm³/mol. The van der Waals surface area contributed by atoms with Crippen molar-refractivity contribution in [1.29, 1.82) is 0 Å². The maximum Gasteiger partial charge on any atom is 0.122 e. The van der Waals surface area contributed by atoms with E-state index >= 15 is 0 Å². The second-order valence-corrected chi connectivity index (χ2v) is 4.66. The van der Waals surface area contributed by atoms with E-state index in [2.05, 4.69) is 18.0 Å². The molecular weight excluding hydrogens is 226 g/mol. The molecule has 1 aliphatic carbocycles. The van der Waals surface area contributed by atoms with E-state index in [0.717, 1.165) is 30.7 Å². The Bertz CT molecular complexity index is 403. The summed E-state index contributed by atoms with van der Waals surface area (Å²) in [6.07, 6.45) is 3.92. The first-order chi connectivity index (χ1) is 8.81. The molecular formula is C15H21NO2. The molecule has 0 unspecified atom stereocenters. The Hall–Kier alpha value is -1.32. The number of hydrogen-bond acceptors (Lipinski definition) is 3. The minimum atomic E-state index is 0.102. The number of ether oxygens (including phenoxy) is 1. The van der Waals surface area contributed by atoms with Gasteiger partial charge in [0.1, 0.15) is 5.75 Å². The molecule has 0 aliphatic heterocycles. The number of hydrogen-bond donors (Lipinski definition) is 2. The molecule has 2 N–H and O–H groups in total. The average molecular weight is 247 g/mol. The first-order valence-electron chi connectivity index (χ1n) is 6.42. The van der Waals surface area contributed by atoms with Crippen LogP contribution in [0.1, 0.15) is 23.5 Å². The zero-order chi connectivity index (χ0) is 13.0. The van der Waals surface area contributed by atoms with Gasteiger partial charge in [0.25, 0.3) is 0 Å². The van der Waals surface area contributed by atoms with E-state index < -0.39 is 0 Å². The topological polar surface area (TPSA) is 41.5 Å². The molecule has 2 atom stereocenters. The van der Waals surface area contributed by atoms with Crippen molar-refractivity contribution >= 4 is 0 Å². The fourth-order valence-electron chi connectivity index (χ4n) is 2.82. The second kappa shape index (κ2) is 6.03. The van der Waals surface area contributed by atoms with E-state index in [0.29, 0.717) is 0 Å². The Morgan fingerprint density at radius 2 is 2.39 bits per heavy atom. The van der Waals surface area contributed by atoms with Gasteiger partial charge in [-0.25, -0.2) is 0 Å². The second-order valence-electron chi connectivity index (χ2n) is 4.66. The molecule has 0 saturated heterocycles. The van der Waals surface area contributed by atoms with Crippen LogP contribution in [0.25, 0.3) is 0 Å². The highest BCUT2D eigenvalue weighted by molar-refractivity contribution is 5.45. The first kappa shape index (κ1) is 13.1. The molecule has 0 bridgehead atoms. The van der Waals surface area contributed by atoms with Crippen LogP contribution in [0.5, 0.6) is 5.75 Å². The summed E-state index contributed by atoms with van der Waals surface area (Å²) in [5, 5.41) is 13.1. The first-order valence-corrected chi connectivity index (χ1v) is 6.42. The number of benzene rings is 1. The number of aryl methyl sites for hydroxylation is 1.